The summed E-state index contributed by atoms with van der Waals surface area (Å²) < 4.78 is 4.69. The van der Waals surface area contributed by atoms with Crippen molar-refractivity contribution in [2.45, 2.75) is 18.2 Å². The average Bonchev–Trinajstić information content (AvgIpc) is 2.87. The molecule has 2 amide bonds. The van der Waals surface area contributed by atoms with Crippen molar-refractivity contribution in [3.05, 3.63) is 94.0 Å². The predicted octanol–water partition coefficient (Wildman–Crippen LogP) is 5.94. The number of carbonyl (C=O) groups excluding carboxylic acids is 3. The van der Waals surface area contributed by atoms with Gasteiger partial charge in [0.05, 0.1) is 24.9 Å². The third kappa shape index (κ3) is 6.46. The Labute approximate surface area is 222 Å². The van der Waals surface area contributed by atoms with Crippen molar-refractivity contribution in [1.29, 1.82) is 0 Å². The molecule has 0 aromatic heterocycles. The minimum Gasteiger partial charge on any atom is -0.465 e. The van der Waals surface area contributed by atoms with Crippen LogP contribution in [-0.4, -0.2) is 40.2 Å². The lowest BCUT2D eigenvalue weighted by atomic mass is 10.2. The number of methoxy groups -OCH3 is 1. The average molecular weight is 542 g/mol. The van der Waals surface area contributed by atoms with Crippen LogP contribution in [0.15, 0.2) is 77.8 Å². The van der Waals surface area contributed by atoms with Crippen molar-refractivity contribution in [2.75, 3.05) is 12.4 Å². The highest BCUT2D eigenvalue weighted by atomic mass is 35.5. The molecule has 0 spiro atoms. The number of anilines is 1. The predicted molar refractivity (Wildman–Crippen MR) is 143 cm³/mol. The molecular formula is C26H21Cl2N3O4S. The number of rotatable bonds is 6. The molecule has 1 N–H and O–H groups in total. The van der Waals surface area contributed by atoms with E-state index in [1.54, 1.807) is 65.6 Å². The molecule has 1 aliphatic rings. The molecule has 184 valence electrons. The fourth-order valence-electron chi connectivity index (χ4n) is 3.46. The first-order valence-corrected chi connectivity index (χ1v) is 12.5. The Morgan fingerprint density at radius 3 is 2.44 bits per heavy atom. The number of carbonyl (C=O) groups is 3. The maximum atomic E-state index is 13.2. The summed E-state index contributed by atoms with van der Waals surface area (Å²) in [6.45, 7) is 0.283. The van der Waals surface area contributed by atoms with Crippen LogP contribution in [-0.2, 0) is 20.9 Å². The quantitative estimate of drug-likeness (QED) is 0.390. The van der Waals surface area contributed by atoms with E-state index in [-0.39, 0.29) is 24.8 Å². The molecule has 36 heavy (non-hydrogen) atoms. The van der Waals surface area contributed by atoms with Crippen molar-refractivity contribution in [3.63, 3.8) is 0 Å². The van der Waals surface area contributed by atoms with E-state index < -0.39 is 11.2 Å². The summed E-state index contributed by atoms with van der Waals surface area (Å²) in [6.07, 6.45) is -0.00109. The number of aliphatic imine (C=N–C) groups is 1. The van der Waals surface area contributed by atoms with Gasteiger partial charge in [0.1, 0.15) is 5.25 Å². The van der Waals surface area contributed by atoms with Crippen molar-refractivity contribution in [1.82, 2.24) is 4.90 Å². The zero-order valence-corrected chi connectivity index (χ0v) is 21.4. The van der Waals surface area contributed by atoms with Gasteiger partial charge in [-0.1, -0.05) is 53.2 Å². The summed E-state index contributed by atoms with van der Waals surface area (Å²) in [5.41, 5.74) is 2.31. The Bertz CT molecular complexity index is 1310. The van der Waals surface area contributed by atoms with Crippen LogP contribution in [0.25, 0.3) is 0 Å². The van der Waals surface area contributed by atoms with E-state index in [4.69, 9.17) is 27.9 Å². The summed E-state index contributed by atoms with van der Waals surface area (Å²) in [5.74, 6) is -1.04. The van der Waals surface area contributed by atoms with Gasteiger partial charge in [0, 0.05) is 22.2 Å². The number of amides is 2. The number of ether oxygens (including phenoxy) is 1. The van der Waals surface area contributed by atoms with E-state index >= 15 is 0 Å². The largest absolute Gasteiger partial charge is 0.465 e. The standard InChI is InChI=1S/C26H21Cl2N3O4S/c1-35-25(34)17-7-11-20(12-8-17)29-24(33)22-14-23(32)31(15-16-5-9-18(27)10-6-16)26(36-22)30-21-4-2-3-19(28)13-21/h2-13,22H,14-15H2,1H3,(H,29,33). The SMILES string of the molecule is COC(=O)c1ccc(NC(=O)C2CC(=O)N(Cc3ccc(Cl)cc3)C(=Nc3cccc(Cl)c3)S2)cc1. The van der Waals surface area contributed by atoms with Crippen LogP contribution >= 0.6 is 35.0 Å². The molecule has 1 aliphatic heterocycles. The molecular weight excluding hydrogens is 521 g/mol. The first kappa shape index (κ1) is 25.8. The Hall–Kier alpha value is -3.33. The molecule has 7 nitrogen and oxygen atoms in total. The third-order valence-corrected chi connectivity index (χ3v) is 6.97. The smallest absolute Gasteiger partial charge is 0.337 e. The molecule has 1 atom stereocenters. The molecule has 1 unspecified atom stereocenters. The van der Waals surface area contributed by atoms with Gasteiger partial charge < -0.3 is 10.1 Å². The highest BCUT2D eigenvalue weighted by molar-refractivity contribution is 8.15. The minimum atomic E-state index is -0.697. The second-order valence-corrected chi connectivity index (χ2v) is 9.89. The Balaban J connectivity index is 1.56. The van der Waals surface area contributed by atoms with Crippen LogP contribution in [0.4, 0.5) is 11.4 Å². The number of halogens is 2. The minimum absolute atomic E-state index is 0.00109. The van der Waals surface area contributed by atoms with Crippen molar-refractivity contribution in [3.8, 4) is 0 Å². The number of nitrogens with zero attached hydrogens (tertiary/aromatic N) is 2. The highest BCUT2D eigenvalue weighted by Crippen LogP contribution is 2.32. The molecule has 3 aromatic rings. The summed E-state index contributed by atoms with van der Waals surface area (Å²) in [4.78, 5) is 44.1. The van der Waals surface area contributed by atoms with Crippen molar-refractivity contribution in [2.24, 2.45) is 4.99 Å². The normalized spacial score (nSPS) is 16.6. The van der Waals surface area contributed by atoms with Gasteiger partial charge in [-0.25, -0.2) is 9.79 Å². The number of hydrogen-bond acceptors (Lipinski definition) is 6. The molecule has 0 saturated carbocycles. The lowest BCUT2D eigenvalue weighted by Gasteiger charge is -2.32. The molecule has 0 aliphatic carbocycles. The van der Waals surface area contributed by atoms with Crippen LogP contribution in [0, 0.1) is 0 Å². The Morgan fingerprint density at radius 1 is 1.06 bits per heavy atom. The van der Waals surface area contributed by atoms with E-state index in [1.807, 2.05) is 12.1 Å². The van der Waals surface area contributed by atoms with Crippen molar-refractivity contribution >= 4 is 69.3 Å². The number of nitrogens with one attached hydrogen (secondary N) is 1. The van der Waals surface area contributed by atoms with E-state index in [2.05, 4.69) is 10.3 Å². The summed E-state index contributed by atoms with van der Waals surface area (Å²) >= 11 is 13.3. The number of amidine groups is 1. The van der Waals surface area contributed by atoms with Crippen molar-refractivity contribution < 1.29 is 19.1 Å². The zero-order valence-electron chi connectivity index (χ0n) is 19.1. The van der Waals surface area contributed by atoms with Gasteiger partial charge in [-0.2, -0.15) is 0 Å². The van der Waals surface area contributed by atoms with Gasteiger partial charge in [-0.15, -0.1) is 0 Å². The summed E-state index contributed by atoms with van der Waals surface area (Å²) in [6, 6.07) is 20.5. The maximum absolute atomic E-state index is 13.2. The lowest BCUT2D eigenvalue weighted by molar-refractivity contribution is -0.129. The Kier molecular flexibility index (Phi) is 8.30. The second-order valence-electron chi connectivity index (χ2n) is 7.85. The van der Waals surface area contributed by atoms with Gasteiger partial charge in [-0.3, -0.25) is 14.5 Å². The number of esters is 1. The van der Waals surface area contributed by atoms with Gasteiger partial charge in [-0.05, 0) is 60.2 Å². The third-order valence-electron chi connectivity index (χ3n) is 5.29. The van der Waals surface area contributed by atoms with Crippen LogP contribution < -0.4 is 5.32 Å². The fraction of sp³-hybridized carbons (Fsp3) is 0.154. The van der Waals surface area contributed by atoms with E-state index in [1.165, 1.54) is 18.9 Å². The second kappa shape index (κ2) is 11.6. The highest BCUT2D eigenvalue weighted by Gasteiger charge is 2.36. The monoisotopic (exact) mass is 541 g/mol. The number of hydrogen-bond donors (Lipinski definition) is 1. The van der Waals surface area contributed by atoms with E-state index in [0.29, 0.717) is 32.2 Å². The van der Waals surface area contributed by atoms with Gasteiger partial charge >= 0.3 is 5.97 Å². The van der Waals surface area contributed by atoms with Crippen LogP contribution in [0.1, 0.15) is 22.3 Å². The van der Waals surface area contributed by atoms with Crippen LogP contribution in [0.3, 0.4) is 0 Å². The molecule has 1 fully saturated rings. The molecule has 10 heteroatoms. The number of thioether (sulfide) groups is 1. The maximum Gasteiger partial charge on any atom is 0.337 e. The number of benzene rings is 3. The molecule has 1 heterocycles. The molecule has 1 saturated heterocycles. The van der Waals surface area contributed by atoms with E-state index in [0.717, 1.165) is 5.56 Å². The van der Waals surface area contributed by atoms with Gasteiger partial charge in [0.2, 0.25) is 11.8 Å². The molecule has 3 aromatic carbocycles. The van der Waals surface area contributed by atoms with Crippen LogP contribution in [0.2, 0.25) is 10.0 Å². The summed E-state index contributed by atoms with van der Waals surface area (Å²) in [7, 11) is 1.30. The lowest BCUT2D eigenvalue weighted by Crippen LogP contribution is -2.44. The summed E-state index contributed by atoms with van der Waals surface area (Å²) in [5, 5.41) is 3.61. The first-order chi connectivity index (χ1) is 17.3. The fourth-order valence-corrected chi connectivity index (χ4v) is 4.86. The first-order valence-electron chi connectivity index (χ1n) is 10.9. The Morgan fingerprint density at radius 2 is 1.78 bits per heavy atom. The van der Waals surface area contributed by atoms with Gasteiger partial charge in [0.15, 0.2) is 5.17 Å². The van der Waals surface area contributed by atoms with Gasteiger partial charge in [0.25, 0.3) is 0 Å². The van der Waals surface area contributed by atoms with E-state index in [9.17, 15) is 14.4 Å². The van der Waals surface area contributed by atoms with Crippen LogP contribution in [0.5, 0.6) is 0 Å². The zero-order chi connectivity index (χ0) is 25.7. The molecule has 0 bridgehead atoms. The molecule has 0 radical (unpaired) electrons. The topological polar surface area (TPSA) is 88.1 Å². The molecule has 4 rings (SSSR count).